The van der Waals surface area contributed by atoms with Crippen LogP contribution >= 0.6 is 0 Å². The van der Waals surface area contributed by atoms with Crippen LogP contribution in [0.25, 0.3) is 0 Å². The van der Waals surface area contributed by atoms with Crippen molar-refractivity contribution in [3.8, 4) is 11.8 Å². The third kappa shape index (κ3) is 9.31. The molecule has 1 heteroatoms. The van der Waals surface area contributed by atoms with Crippen molar-refractivity contribution in [1.82, 2.24) is 4.98 Å². The Morgan fingerprint density at radius 3 is 2.21 bits per heavy atom. The molecule has 0 aliphatic heterocycles. The van der Waals surface area contributed by atoms with Crippen molar-refractivity contribution in [2.75, 3.05) is 0 Å². The summed E-state index contributed by atoms with van der Waals surface area (Å²) in [5, 5.41) is 0. The maximum Gasteiger partial charge on any atom is 0.113 e. The van der Waals surface area contributed by atoms with E-state index in [-0.39, 0.29) is 0 Å². The molecule has 0 aliphatic rings. The summed E-state index contributed by atoms with van der Waals surface area (Å²) in [6.45, 7) is 2.27. The number of rotatable bonds is 9. The van der Waals surface area contributed by atoms with Crippen LogP contribution in [0.2, 0.25) is 0 Å². The Hall–Kier alpha value is -1.29. The van der Waals surface area contributed by atoms with Gasteiger partial charge < -0.3 is 0 Å². The van der Waals surface area contributed by atoms with Gasteiger partial charge in [0.1, 0.15) is 5.69 Å². The van der Waals surface area contributed by atoms with Crippen LogP contribution < -0.4 is 0 Å². The number of hydrogen-bond donors (Lipinski definition) is 0. The van der Waals surface area contributed by atoms with Crippen LogP contribution in [0.5, 0.6) is 0 Å². The second kappa shape index (κ2) is 11.8. The number of pyridine rings is 1. The largest absolute Gasteiger partial charge is 0.248 e. The highest BCUT2D eigenvalue weighted by Crippen LogP contribution is 2.10. The molecule has 0 aromatic carbocycles. The highest BCUT2D eigenvalue weighted by atomic mass is 14.6. The van der Waals surface area contributed by atoms with Gasteiger partial charge in [0.15, 0.2) is 0 Å². The molecular formula is C18H27N. The second-order valence-corrected chi connectivity index (χ2v) is 5.10. The zero-order valence-corrected chi connectivity index (χ0v) is 12.3. The molecule has 0 spiro atoms. The molecule has 19 heavy (non-hydrogen) atoms. The monoisotopic (exact) mass is 257 g/mol. The lowest BCUT2D eigenvalue weighted by molar-refractivity contribution is 0.567. The van der Waals surface area contributed by atoms with Crippen molar-refractivity contribution in [3.63, 3.8) is 0 Å². The molecule has 0 N–H and O–H groups in total. The average molecular weight is 257 g/mol. The van der Waals surface area contributed by atoms with Crippen molar-refractivity contribution in [2.45, 2.75) is 71.1 Å². The quantitative estimate of drug-likeness (QED) is 0.429. The molecule has 0 aliphatic carbocycles. The van der Waals surface area contributed by atoms with Crippen LogP contribution in [0.4, 0.5) is 0 Å². The molecule has 1 rings (SSSR count). The van der Waals surface area contributed by atoms with E-state index in [4.69, 9.17) is 0 Å². The molecule has 1 aromatic rings. The summed E-state index contributed by atoms with van der Waals surface area (Å²) < 4.78 is 0. The molecule has 0 saturated heterocycles. The molecule has 0 amide bonds. The van der Waals surface area contributed by atoms with Crippen molar-refractivity contribution in [1.29, 1.82) is 0 Å². The van der Waals surface area contributed by atoms with Gasteiger partial charge in [-0.15, -0.1) is 0 Å². The van der Waals surface area contributed by atoms with Crippen molar-refractivity contribution in [3.05, 3.63) is 30.1 Å². The lowest BCUT2D eigenvalue weighted by Gasteiger charge is -2.00. The number of unbranched alkanes of at least 4 members (excludes halogenated alkanes) is 9. The van der Waals surface area contributed by atoms with E-state index in [9.17, 15) is 0 Å². The Kier molecular flexibility index (Phi) is 9.78. The zero-order valence-electron chi connectivity index (χ0n) is 12.3. The maximum atomic E-state index is 4.19. The van der Waals surface area contributed by atoms with Gasteiger partial charge in [0, 0.05) is 12.6 Å². The minimum absolute atomic E-state index is 0.887. The van der Waals surface area contributed by atoms with Gasteiger partial charge in [-0.25, -0.2) is 4.98 Å². The van der Waals surface area contributed by atoms with Crippen LogP contribution in [-0.4, -0.2) is 4.98 Å². The van der Waals surface area contributed by atoms with Crippen LogP contribution in [-0.2, 0) is 0 Å². The predicted molar refractivity (Wildman–Crippen MR) is 83.0 cm³/mol. The molecule has 1 heterocycles. The van der Waals surface area contributed by atoms with Gasteiger partial charge in [-0.2, -0.15) is 0 Å². The van der Waals surface area contributed by atoms with E-state index in [1.807, 2.05) is 18.2 Å². The zero-order chi connectivity index (χ0) is 13.6. The summed E-state index contributed by atoms with van der Waals surface area (Å²) >= 11 is 0. The van der Waals surface area contributed by atoms with Gasteiger partial charge >= 0.3 is 0 Å². The fourth-order valence-electron chi connectivity index (χ4n) is 2.11. The van der Waals surface area contributed by atoms with Crippen LogP contribution in [0.15, 0.2) is 24.4 Å². The molecule has 1 aromatic heterocycles. The SMILES string of the molecule is CCCCCCCCCCCC#Cc1ccccn1. The topological polar surface area (TPSA) is 12.9 Å². The number of nitrogens with zero attached hydrogens (tertiary/aromatic N) is 1. The first-order valence-electron chi connectivity index (χ1n) is 7.83. The number of aromatic nitrogens is 1. The highest BCUT2D eigenvalue weighted by molar-refractivity contribution is 5.26. The molecule has 1 nitrogen and oxygen atoms in total. The molecule has 104 valence electrons. The Bertz CT molecular complexity index is 358. The normalized spacial score (nSPS) is 9.95. The van der Waals surface area contributed by atoms with E-state index >= 15 is 0 Å². The molecule has 0 saturated carbocycles. The molecule has 0 fully saturated rings. The lowest BCUT2D eigenvalue weighted by atomic mass is 10.1. The van der Waals surface area contributed by atoms with Gasteiger partial charge in [0.25, 0.3) is 0 Å². The fraction of sp³-hybridized carbons (Fsp3) is 0.611. The molecule has 0 unspecified atom stereocenters. The molecule has 0 bridgehead atoms. The van der Waals surface area contributed by atoms with Crippen LogP contribution in [0, 0.1) is 11.8 Å². The first kappa shape index (κ1) is 15.8. The summed E-state index contributed by atoms with van der Waals surface area (Å²) in [6, 6.07) is 5.87. The predicted octanol–water partition coefficient (Wildman–Crippen LogP) is 5.35. The summed E-state index contributed by atoms with van der Waals surface area (Å²) in [4.78, 5) is 4.19. The van der Waals surface area contributed by atoms with Gasteiger partial charge in [-0.05, 0) is 24.5 Å². The van der Waals surface area contributed by atoms with Crippen LogP contribution in [0.3, 0.4) is 0 Å². The van der Waals surface area contributed by atoms with Crippen molar-refractivity contribution in [2.24, 2.45) is 0 Å². The highest BCUT2D eigenvalue weighted by Gasteiger charge is 1.91. The third-order valence-electron chi connectivity index (χ3n) is 3.29. The summed E-state index contributed by atoms with van der Waals surface area (Å²) in [5.74, 6) is 6.32. The summed E-state index contributed by atoms with van der Waals surface area (Å²) in [5.41, 5.74) is 0.887. The standard InChI is InChI=1S/C18H27N/c1-2-3-4-5-6-7-8-9-10-11-12-15-18-16-13-14-17-19-18/h13-14,16-17H,2-11H2,1H3. The van der Waals surface area contributed by atoms with Gasteiger partial charge in [0.2, 0.25) is 0 Å². The Labute approximate surface area is 118 Å². The van der Waals surface area contributed by atoms with E-state index in [0.29, 0.717) is 0 Å². The van der Waals surface area contributed by atoms with Gasteiger partial charge in [0.05, 0.1) is 0 Å². The van der Waals surface area contributed by atoms with E-state index in [2.05, 4.69) is 23.7 Å². The average Bonchev–Trinajstić information content (AvgIpc) is 2.46. The van der Waals surface area contributed by atoms with Crippen molar-refractivity contribution < 1.29 is 0 Å². The lowest BCUT2D eigenvalue weighted by Crippen LogP contribution is -1.81. The maximum absolute atomic E-state index is 4.19. The van der Waals surface area contributed by atoms with E-state index in [1.165, 1.54) is 57.8 Å². The Morgan fingerprint density at radius 2 is 1.58 bits per heavy atom. The summed E-state index contributed by atoms with van der Waals surface area (Å²) in [6.07, 6.45) is 15.1. The van der Waals surface area contributed by atoms with Crippen LogP contribution in [0.1, 0.15) is 76.8 Å². The third-order valence-corrected chi connectivity index (χ3v) is 3.29. The Morgan fingerprint density at radius 1 is 0.895 bits per heavy atom. The molecular weight excluding hydrogens is 230 g/mol. The fourth-order valence-corrected chi connectivity index (χ4v) is 2.11. The smallest absolute Gasteiger partial charge is 0.113 e. The number of hydrogen-bond acceptors (Lipinski definition) is 1. The Balaban J connectivity index is 1.90. The molecule has 0 radical (unpaired) electrons. The van der Waals surface area contributed by atoms with Crippen molar-refractivity contribution >= 4 is 0 Å². The van der Waals surface area contributed by atoms with E-state index < -0.39 is 0 Å². The first-order valence-corrected chi connectivity index (χ1v) is 7.83. The minimum atomic E-state index is 0.887. The van der Waals surface area contributed by atoms with Gasteiger partial charge in [-0.1, -0.05) is 70.3 Å². The first-order chi connectivity index (χ1) is 9.43. The second-order valence-electron chi connectivity index (χ2n) is 5.10. The summed E-state index contributed by atoms with van der Waals surface area (Å²) in [7, 11) is 0. The van der Waals surface area contributed by atoms with Gasteiger partial charge in [-0.3, -0.25) is 0 Å². The minimum Gasteiger partial charge on any atom is -0.248 e. The molecule has 0 atom stereocenters. The van der Waals surface area contributed by atoms with E-state index in [0.717, 1.165) is 12.1 Å². The van der Waals surface area contributed by atoms with E-state index in [1.54, 1.807) is 6.20 Å².